The van der Waals surface area contributed by atoms with Gasteiger partial charge in [-0.1, -0.05) is 42.5 Å². The lowest BCUT2D eigenvalue weighted by atomic mass is 10.0. The molecule has 1 aliphatic rings. The Labute approximate surface area is 150 Å². The fourth-order valence-corrected chi connectivity index (χ4v) is 3.61. The molecule has 0 saturated carbocycles. The van der Waals surface area contributed by atoms with Crippen molar-refractivity contribution in [2.45, 2.75) is 37.5 Å². The van der Waals surface area contributed by atoms with Gasteiger partial charge in [-0.2, -0.15) is 0 Å². The number of nitro benzene ring substituents is 1. The van der Waals surface area contributed by atoms with Crippen LogP contribution < -0.4 is 5.11 Å². The van der Waals surface area contributed by atoms with Crippen LogP contribution in [0.25, 0.3) is 0 Å². The van der Waals surface area contributed by atoms with Crippen molar-refractivity contribution in [1.29, 1.82) is 0 Å². The van der Waals surface area contributed by atoms with E-state index in [2.05, 4.69) is 0 Å². The lowest BCUT2D eigenvalue weighted by Crippen LogP contribution is -2.50. The SMILES string of the molecule is O=C([O-])N1C(Cc2ccc([N+](=O)[O-])cc2)CCC1[C@H](O)c1ccccc1. The van der Waals surface area contributed by atoms with E-state index in [4.69, 9.17) is 0 Å². The molecular weight excluding hydrogens is 336 g/mol. The molecule has 1 fully saturated rings. The third-order valence-corrected chi connectivity index (χ3v) is 4.88. The summed E-state index contributed by atoms with van der Waals surface area (Å²) in [7, 11) is 0. The lowest BCUT2D eigenvalue weighted by Gasteiger charge is -2.35. The van der Waals surface area contributed by atoms with Gasteiger partial charge in [-0.15, -0.1) is 0 Å². The average molecular weight is 355 g/mol. The second-order valence-electron chi connectivity index (χ2n) is 6.45. The number of benzene rings is 2. The molecule has 0 bridgehead atoms. The van der Waals surface area contributed by atoms with E-state index >= 15 is 0 Å². The molecular formula is C19H19N2O5-. The first-order valence-corrected chi connectivity index (χ1v) is 8.43. The number of hydrogen-bond donors (Lipinski definition) is 1. The van der Waals surface area contributed by atoms with E-state index in [0.717, 1.165) is 5.56 Å². The Hall–Kier alpha value is -2.93. The largest absolute Gasteiger partial charge is 0.530 e. The summed E-state index contributed by atoms with van der Waals surface area (Å²) in [5.41, 5.74) is 1.47. The number of aliphatic hydroxyl groups is 1. The smallest absolute Gasteiger partial charge is 0.269 e. The zero-order valence-corrected chi connectivity index (χ0v) is 14.0. The Bertz CT molecular complexity index is 778. The first kappa shape index (κ1) is 17.9. The number of carboxylic acid groups (broad SMARTS) is 1. The first-order valence-electron chi connectivity index (χ1n) is 8.43. The summed E-state index contributed by atoms with van der Waals surface area (Å²) >= 11 is 0. The van der Waals surface area contributed by atoms with Crippen molar-refractivity contribution in [2.75, 3.05) is 0 Å². The van der Waals surface area contributed by atoms with Crippen molar-refractivity contribution in [3.05, 3.63) is 75.8 Å². The van der Waals surface area contributed by atoms with Gasteiger partial charge < -0.3 is 19.9 Å². The van der Waals surface area contributed by atoms with E-state index in [1.807, 2.05) is 6.07 Å². The highest BCUT2D eigenvalue weighted by atomic mass is 16.6. The molecule has 0 radical (unpaired) electrons. The van der Waals surface area contributed by atoms with Gasteiger partial charge in [0.1, 0.15) is 6.09 Å². The summed E-state index contributed by atoms with van der Waals surface area (Å²) in [6.45, 7) is 0. The molecule has 3 atom stereocenters. The van der Waals surface area contributed by atoms with Crippen molar-refractivity contribution < 1.29 is 19.9 Å². The number of hydrogen-bond acceptors (Lipinski definition) is 5. The number of amides is 1. The third kappa shape index (κ3) is 3.67. The van der Waals surface area contributed by atoms with Crippen LogP contribution in [0.5, 0.6) is 0 Å². The molecule has 0 aliphatic carbocycles. The summed E-state index contributed by atoms with van der Waals surface area (Å²) in [5.74, 6) is 0. The predicted molar refractivity (Wildman–Crippen MR) is 92.2 cm³/mol. The molecule has 1 amide bonds. The zero-order valence-electron chi connectivity index (χ0n) is 14.0. The van der Waals surface area contributed by atoms with Gasteiger partial charge in [-0.25, -0.2) is 0 Å². The van der Waals surface area contributed by atoms with Gasteiger partial charge in [0.05, 0.1) is 17.1 Å². The summed E-state index contributed by atoms with van der Waals surface area (Å²) in [4.78, 5) is 23.2. The van der Waals surface area contributed by atoms with Crippen LogP contribution in [-0.4, -0.2) is 33.1 Å². The highest BCUT2D eigenvalue weighted by Gasteiger charge is 2.38. The second-order valence-corrected chi connectivity index (χ2v) is 6.45. The van der Waals surface area contributed by atoms with Crippen molar-refractivity contribution in [3.8, 4) is 0 Å². The number of nitro groups is 1. The first-order chi connectivity index (χ1) is 12.5. The van der Waals surface area contributed by atoms with Gasteiger partial charge >= 0.3 is 0 Å². The number of carbonyl (C=O) groups excluding carboxylic acids is 1. The van der Waals surface area contributed by atoms with Crippen LogP contribution >= 0.6 is 0 Å². The molecule has 1 heterocycles. The van der Waals surface area contributed by atoms with Gasteiger partial charge in [0.25, 0.3) is 5.69 Å². The van der Waals surface area contributed by atoms with Crippen molar-refractivity contribution in [1.82, 2.24) is 4.90 Å². The number of likely N-dealkylation sites (tertiary alicyclic amines) is 1. The maximum atomic E-state index is 11.7. The number of carbonyl (C=O) groups is 1. The summed E-state index contributed by atoms with van der Waals surface area (Å²) in [6.07, 6.45) is -0.684. The molecule has 0 spiro atoms. The van der Waals surface area contributed by atoms with E-state index < -0.39 is 23.2 Å². The highest BCUT2D eigenvalue weighted by Crippen LogP contribution is 2.34. The van der Waals surface area contributed by atoms with Crippen LogP contribution in [0.3, 0.4) is 0 Å². The number of rotatable bonds is 5. The highest BCUT2D eigenvalue weighted by molar-refractivity contribution is 5.64. The normalized spacial score (nSPS) is 20.7. The van der Waals surface area contributed by atoms with E-state index in [0.29, 0.717) is 24.8 Å². The summed E-state index contributed by atoms with van der Waals surface area (Å²) in [5, 5.41) is 33.1. The van der Waals surface area contributed by atoms with Gasteiger partial charge in [-0.3, -0.25) is 10.1 Å². The molecule has 0 aromatic heterocycles. The number of nitrogens with zero attached hydrogens (tertiary/aromatic N) is 2. The fourth-order valence-electron chi connectivity index (χ4n) is 3.61. The molecule has 26 heavy (non-hydrogen) atoms. The molecule has 7 heteroatoms. The van der Waals surface area contributed by atoms with E-state index in [9.17, 15) is 25.1 Å². The van der Waals surface area contributed by atoms with Crippen LogP contribution in [0.4, 0.5) is 10.5 Å². The molecule has 2 aromatic carbocycles. The molecule has 7 nitrogen and oxygen atoms in total. The summed E-state index contributed by atoms with van der Waals surface area (Å²) in [6, 6.07) is 14.1. The minimum Gasteiger partial charge on any atom is -0.530 e. The molecule has 1 N–H and O–H groups in total. The van der Waals surface area contributed by atoms with Crippen molar-refractivity contribution in [2.24, 2.45) is 0 Å². The van der Waals surface area contributed by atoms with Crippen LogP contribution in [0.15, 0.2) is 54.6 Å². The topological polar surface area (TPSA) is 107 Å². The van der Waals surface area contributed by atoms with Crippen molar-refractivity contribution >= 4 is 11.8 Å². The Balaban J connectivity index is 1.76. The number of non-ortho nitro benzene ring substituents is 1. The van der Waals surface area contributed by atoms with Gasteiger partial charge in [0.2, 0.25) is 0 Å². The van der Waals surface area contributed by atoms with Crippen molar-refractivity contribution in [3.63, 3.8) is 0 Å². The predicted octanol–water partition coefficient (Wildman–Crippen LogP) is 2.05. The Morgan fingerprint density at radius 1 is 1.15 bits per heavy atom. The quantitative estimate of drug-likeness (QED) is 0.652. The lowest BCUT2D eigenvalue weighted by molar-refractivity contribution is -0.384. The minimum absolute atomic E-state index is 0.00527. The van der Waals surface area contributed by atoms with Crippen LogP contribution in [-0.2, 0) is 6.42 Å². The van der Waals surface area contributed by atoms with Gasteiger partial charge in [-0.05, 0) is 30.4 Å². The zero-order chi connectivity index (χ0) is 18.7. The fraction of sp³-hybridized carbons (Fsp3) is 0.316. The molecule has 3 rings (SSSR count). The standard InChI is InChI=1S/C19H20N2O5/c22-18(14-4-2-1-3-5-14)17-11-10-16(20(17)19(23)24)12-13-6-8-15(9-7-13)21(25)26/h1-9,16-18,22H,10-12H2,(H,23,24)/p-1/t16?,17?,18-/m1/s1. The Morgan fingerprint density at radius 3 is 2.38 bits per heavy atom. The second kappa shape index (κ2) is 7.53. The number of aliphatic hydroxyl groups excluding tert-OH is 1. The van der Waals surface area contributed by atoms with E-state index in [-0.39, 0.29) is 11.7 Å². The maximum Gasteiger partial charge on any atom is 0.269 e. The molecule has 2 unspecified atom stereocenters. The van der Waals surface area contributed by atoms with Crippen LogP contribution in [0, 0.1) is 10.1 Å². The third-order valence-electron chi connectivity index (χ3n) is 4.88. The molecule has 1 aliphatic heterocycles. The minimum atomic E-state index is -1.31. The van der Waals surface area contributed by atoms with Crippen LogP contribution in [0.1, 0.15) is 30.1 Å². The molecule has 136 valence electrons. The maximum absolute atomic E-state index is 11.7. The monoisotopic (exact) mass is 355 g/mol. The van der Waals surface area contributed by atoms with Gasteiger partial charge in [0.15, 0.2) is 0 Å². The molecule has 2 aromatic rings. The molecule has 1 saturated heterocycles. The Kier molecular flexibility index (Phi) is 5.18. The Morgan fingerprint density at radius 2 is 1.81 bits per heavy atom. The van der Waals surface area contributed by atoms with Gasteiger partial charge in [0, 0.05) is 18.2 Å². The average Bonchev–Trinajstić information content (AvgIpc) is 3.06. The van der Waals surface area contributed by atoms with E-state index in [1.54, 1.807) is 36.4 Å². The van der Waals surface area contributed by atoms with E-state index in [1.165, 1.54) is 17.0 Å². The summed E-state index contributed by atoms with van der Waals surface area (Å²) < 4.78 is 0. The van der Waals surface area contributed by atoms with Crippen LogP contribution in [0.2, 0.25) is 0 Å².